The number of carbonyl (C=O) groups excluding carboxylic acids is 2. The van der Waals surface area contributed by atoms with Gasteiger partial charge in [-0.05, 0) is 19.8 Å². The SMILES string of the molecule is CCOC(=O)N1CCC(NCC(=O)N2CCC3(CC2)OCCO3)CC1. The van der Waals surface area contributed by atoms with Gasteiger partial charge in [0.1, 0.15) is 0 Å². The number of amides is 2. The molecular formula is C17H29N3O5. The van der Waals surface area contributed by atoms with Crippen LogP contribution in [0.2, 0.25) is 0 Å². The third-order valence-electron chi connectivity index (χ3n) is 5.25. The summed E-state index contributed by atoms with van der Waals surface area (Å²) < 4.78 is 16.4. The van der Waals surface area contributed by atoms with Crippen LogP contribution < -0.4 is 5.32 Å². The van der Waals surface area contributed by atoms with Crippen LogP contribution in [-0.2, 0) is 19.0 Å². The van der Waals surface area contributed by atoms with Crippen molar-refractivity contribution in [1.82, 2.24) is 15.1 Å². The molecule has 0 aromatic heterocycles. The van der Waals surface area contributed by atoms with Crippen molar-refractivity contribution in [2.45, 2.75) is 44.4 Å². The zero-order valence-electron chi connectivity index (χ0n) is 15.0. The summed E-state index contributed by atoms with van der Waals surface area (Å²) in [5, 5.41) is 3.34. The monoisotopic (exact) mass is 355 g/mol. The van der Waals surface area contributed by atoms with Crippen molar-refractivity contribution in [3.8, 4) is 0 Å². The van der Waals surface area contributed by atoms with E-state index in [-0.39, 0.29) is 18.0 Å². The Hall–Kier alpha value is -1.38. The molecule has 3 aliphatic rings. The number of rotatable bonds is 4. The molecule has 1 N–H and O–H groups in total. The molecule has 0 atom stereocenters. The van der Waals surface area contributed by atoms with Crippen LogP contribution in [0.4, 0.5) is 4.79 Å². The second-order valence-electron chi connectivity index (χ2n) is 6.83. The maximum atomic E-state index is 12.4. The van der Waals surface area contributed by atoms with Crippen LogP contribution in [0.15, 0.2) is 0 Å². The second-order valence-corrected chi connectivity index (χ2v) is 6.83. The Morgan fingerprint density at radius 2 is 1.72 bits per heavy atom. The summed E-state index contributed by atoms with van der Waals surface area (Å²) in [6.45, 7) is 6.57. The van der Waals surface area contributed by atoms with E-state index in [2.05, 4.69) is 5.32 Å². The molecule has 0 saturated carbocycles. The van der Waals surface area contributed by atoms with E-state index in [0.717, 1.165) is 25.7 Å². The number of hydrogen-bond acceptors (Lipinski definition) is 6. The summed E-state index contributed by atoms with van der Waals surface area (Å²) in [6.07, 6.45) is 2.94. The van der Waals surface area contributed by atoms with Crippen LogP contribution >= 0.6 is 0 Å². The summed E-state index contributed by atoms with van der Waals surface area (Å²) in [5.41, 5.74) is 0. The molecule has 3 fully saturated rings. The predicted octanol–water partition coefficient (Wildman–Crippen LogP) is 0.562. The number of carbonyl (C=O) groups is 2. The van der Waals surface area contributed by atoms with Crippen molar-refractivity contribution >= 4 is 12.0 Å². The molecule has 8 heteroatoms. The van der Waals surface area contributed by atoms with Gasteiger partial charge in [0.25, 0.3) is 0 Å². The molecule has 142 valence electrons. The molecule has 2 amide bonds. The van der Waals surface area contributed by atoms with E-state index in [9.17, 15) is 9.59 Å². The fourth-order valence-corrected chi connectivity index (χ4v) is 3.71. The molecule has 3 rings (SSSR count). The van der Waals surface area contributed by atoms with Crippen LogP contribution in [0, 0.1) is 0 Å². The summed E-state index contributed by atoms with van der Waals surface area (Å²) >= 11 is 0. The fraction of sp³-hybridized carbons (Fsp3) is 0.882. The van der Waals surface area contributed by atoms with Crippen LogP contribution in [-0.4, -0.2) is 86.2 Å². The molecule has 0 bridgehead atoms. The van der Waals surface area contributed by atoms with Crippen molar-refractivity contribution in [2.24, 2.45) is 0 Å². The predicted molar refractivity (Wildman–Crippen MR) is 90.1 cm³/mol. The van der Waals surface area contributed by atoms with E-state index in [4.69, 9.17) is 14.2 Å². The van der Waals surface area contributed by atoms with Crippen LogP contribution in [0.3, 0.4) is 0 Å². The van der Waals surface area contributed by atoms with Crippen LogP contribution in [0.5, 0.6) is 0 Å². The van der Waals surface area contributed by atoms with E-state index in [1.165, 1.54) is 0 Å². The van der Waals surface area contributed by atoms with Gasteiger partial charge in [-0.15, -0.1) is 0 Å². The standard InChI is InChI=1S/C17H29N3O5/c1-2-23-16(22)20-7-3-14(4-8-20)18-13-15(21)19-9-5-17(6-10-19)24-11-12-25-17/h14,18H,2-13H2,1H3. The number of nitrogens with one attached hydrogen (secondary N) is 1. The van der Waals surface area contributed by atoms with Crippen molar-refractivity contribution in [3.05, 3.63) is 0 Å². The van der Waals surface area contributed by atoms with Gasteiger partial charge in [-0.2, -0.15) is 0 Å². The first-order valence-corrected chi connectivity index (χ1v) is 9.33. The number of nitrogens with zero attached hydrogens (tertiary/aromatic N) is 2. The Kier molecular flexibility index (Phi) is 6.14. The van der Waals surface area contributed by atoms with Gasteiger partial charge in [0.05, 0.1) is 26.4 Å². The average molecular weight is 355 g/mol. The van der Waals surface area contributed by atoms with Crippen LogP contribution in [0.1, 0.15) is 32.6 Å². The van der Waals surface area contributed by atoms with Crippen molar-refractivity contribution in [1.29, 1.82) is 0 Å². The summed E-state index contributed by atoms with van der Waals surface area (Å²) in [4.78, 5) is 27.7. The van der Waals surface area contributed by atoms with E-state index in [1.54, 1.807) is 4.90 Å². The van der Waals surface area contributed by atoms with Crippen LogP contribution in [0.25, 0.3) is 0 Å². The Morgan fingerprint density at radius 3 is 2.32 bits per heavy atom. The minimum atomic E-state index is -0.440. The lowest BCUT2D eigenvalue weighted by Gasteiger charge is -2.38. The minimum Gasteiger partial charge on any atom is -0.450 e. The fourth-order valence-electron chi connectivity index (χ4n) is 3.71. The Bertz CT molecular complexity index is 463. The van der Waals surface area contributed by atoms with Gasteiger partial charge >= 0.3 is 6.09 Å². The third-order valence-corrected chi connectivity index (χ3v) is 5.25. The smallest absolute Gasteiger partial charge is 0.409 e. The number of ether oxygens (including phenoxy) is 3. The highest BCUT2D eigenvalue weighted by Crippen LogP contribution is 2.31. The molecule has 1 spiro atoms. The first-order valence-electron chi connectivity index (χ1n) is 9.33. The van der Waals surface area contributed by atoms with E-state index in [0.29, 0.717) is 52.5 Å². The Labute approximate surface area is 148 Å². The van der Waals surface area contributed by atoms with Gasteiger partial charge in [-0.25, -0.2) is 4.79 Å². The summed E-state index contributed by atoms with van der Waals surface area (Å²) in [5.74, 6) is -0.315. The lowest BCUT2D eigenvalue weighted by Crippen LogP contribution is -2.51. The third kappa shape index (κ3) is 4.62. The number of hydrogen-bond donors (Lipinski definition) is 1. The van der Waals surface area contributed by atoms with E-state index < -0.39 is 5.79 Å². The molecule has 0 radical (unpaired) electrons. The normalized spacial score (nSPS) is 23.9. The zero-order valence-corrected chi connectivity index (χ0v) is 15.0. The number of likely N-dealkylation sites (tertiary alicyclic amines) is 2. The largest absolute Gasteiger partial charge is 0.450 e. The van der Waals surface area contributed by atoms with Gasteiger partial charge in [0.15, 0.2) is 5.79 Å². The maximum Gasteiger partial charge on any atom is 0.409 e. The molecule has 3 aliphatic heterocycles. The second kappa shape index (κ2) is 8.33. The van der Waals surface area contributed by atoms with Crippen molar-refractivity contribution in [2.75, 3.05) is 52.5 Å². The van der Waals surface area contributed by atoms with Crippen molar-refractivity contribution < 1.29 is 23.8 Å². The average Bonchev–Trinajstić information content (AvgIpc) is 3.09. The summed E-state index contributed by atoms with van der Waals surface area (Å²) in [6, 6.07) is 0.271. The highest BCUT2D eigenvalue weighted by molar-refractivity contribution is 5.78. The lowest BCUT2D eigenvalue weighted by molar-refractivity contribution is -0.187. The zero-order chi connectivity index (χ0) is 17.7. The molecule has 0 aromatic carbocycles. The van der Waals surface area contributed by atoms with Crippen molar-refractivity contribution in [3.63, 3.8) is 0 Å². The quantitative estimate of drug-likeness (QED) is 0.794. The lowest BCUT2D eigenvalue weighted by atomic mass is 10.0. The molecule has 3 heterocycles. The molecule has 3 saturated heterocycles. The van der Waals surface area contributed by atoms with Gasteiger partial charge in [-0.3, -0.25) is 4.79 Å². The highest BCUT2D eigenvalue weighted by Gasteiger charge is 2.40. The van der Waals surface area contributed by atoms with E-state index in [1.807, 2.05) is 11.8 Å². The van der Waals surface area contributed by atoms with Gasteiger partial charge in [-0.1, -0.05) is 0 Å². The van der Waals surface area contributed by atoms with Gasteiger partial charge in [0.2, 0.25) is 5.91 Å². The Balaban J connectivity index is 1.34. The van der Waals surface area contributed by atoms with Gasteiger partial charge in [0, 0.05) is 45.1 Å². The minimum absolute atomic E-state index is 0.126. The molecule has 0 aromatic rings. The first kappa shape index (κ1) is 18.4. The molecule has 25 heavy (non-hydrogen) atoms. The molecule has 0 unspecified atom stereocenters. The summed E-state index contributed by atoms with van der Waals surface area (Å²) in [7, 11) is 0. The molecular weight excluding hydrogens is 326 g/mol. The maximum absolute atomic E-state index is 12.4. The van der Waals surface area contributed by atoms with Gasteiger partial charge < -0.3 is 29.3 Å². The van der Waals surface area contributed by atoms with E-state index >= 15 is 0 Å². The topological polar surface area (TPSA) is 80.3 Å². The number of piperidine rings is 2. The Morgan fingerprint density at radius 1 is 1.08 bits per heavy atom. The molecule has 0 aliphatic carbocycles. The first-order chi connectivity index (χ1) is 12.1. The highest BCUT2D eigenvalue weighted by atomic mass is 16.7. The molecule has 8 nitrogen and oxygen atoms in total.